The number of carbonyl (C=O) groups is 1. The third kappa shape index (κ3) is 4.44. The SMILES string of the molecule is CCOC(=O)CNCc1ccc(CC)s1. The molecule has 0 saturated heterocycles. The van der Waals surface area contributed by atoms with Gasteiger partial charge in [0.15, 0.2) is 0 Å². The highest BCUT2D eigenvalue weighted by molar-refractivity contribution is 7.11. The summed E-state index contributed by atoms with van der Waals surface area (Å²) in [4.78, 5) is 13.7. The fourth-order valence-electron chi connectivity index (χ4n) is 1.21. The molecule has 0 bridgehead atoms. The van der Waals surface area contributed by atoms with E-state index in [9.17, 15) is 4.79 Å². The average molecular weight is 227 g/mol. The zero-order chi connectivity index (χ0) is 11.1. The first-order valence-electron chi connectivity index (χ1n) is 5.20. The molecular formula is C11H17NO2S. The first kappa shape index (κ1) is 12.2. The van der Waals surface area contributed by atoms with E-state index in [0.717, 1.165) is 13.0 Å². The number of ether oxygens (including phenoxy) is 1. The fourth-order valence-corrected chi connectivity index (χ4v) is 2.13. The van der Waals surface area contributed by atoms with Crippen LogP contribution in [0.25, 0.3) is 0 Å². The van der Waals surface area contributed by atoms with Crippen molar-refractivity contribution in [2.45, 2.75) is 26.8 Å². The van der Waals surface area contributed by atoms with Crippen LogP contribution in [0.1, 0.15) is 23.6 Å². The Kier molecular flexibility index (Phi) is 5.36. The zero-order valence-corrected chi connectivity index (χ0v) is 10.0. The summed E-state index contributed by atoms with van der Waals surface area (Å²) in [6.07, 6.45) is 1.07. The lowest BCUT2D eigenvalue weighted by Gasteiger charge is -2.02. The van der Waals surface area contributed by atoms with E-state index in [1.165, 1.54) is 9.75 Å². The maximum atomic E-state index is 11.0. The second-order valence-electron chi connectivity index (χ2n) is 3.13. The highest BCUT2D eigenvalue weighted by Gasteiger charge is 2.02. The topological polar surface area (TPSA) is 38.3 Å². The van der Waals surface area contributed by atoms with Crippen molar-refractivity contribution < 1.29 is 9.53 Å². The van der Waals surface area contributed by atoms with Crippen molar-refractivity contribution >= 4 is 17.3 Å². The highest BCUT2D eigenvalue weighted by Crippen LogP contribution is 2.16. The van der Waals surface area contributed by atoms with Crippen molar-refractivity contribution in [3.8, 4) is 0 Å². The Balaban J connectivity index is 2.22. The molecule has 0 aliphatic rings. The van der Waals surface area contributed by atoms with E-state index >= 15 is 0 Å². The van der Waals surface area contributed by atoms with Crippen LogP contribution >= 0.6 is 11.3 Å². The van der Waals surface area contributed by atoms with Gasteiger partial charge in [-0.25, -0.2) is 0 Å². The molecule has 15 heavy (non-hydrogen) atoms. The van der Waals surface area contributed by atoms with Crippen LogP contribution in [0.5, 0.6) is 0 Å². The molecule has 1 aromatic heterocycles. The first-order valence-corrected chi connectivity index (χ1v) is 6.01. The Morgan fingerprint density at radius 2 is 2.13 bits per heavy atom. The normalized spacial score (nSPS) is 10.3. The number of thiophene rings is 1. The summed E-state index contributed by atoms with van der Waals surface area (Å²) in [6.45, 7) is 5.42. The van der Waals surface area contributed by atoms with Crippen LogP contribution in [0.2, 0.25) is 0 Å². The van der Waals surface area contributed by atoms with E-state index < -0.39 is 0 Å². The molecule has 1 N–H and O–H groups in total. The third-order valence-corrected chi connectivity index (χ3v) is 3.17. The number of esters is 1. The molecule has 0 aliphatic carbocycles. The number of nitrogens with one attached hydrogen (secondary N) is 1. The number of aryl methyl sites for hydroxylation is 1. The van der Waals surface area contributed by atoms with E-state index in [-0.39, 0.29) is 12.5 Å². The molecule has 0 amide bonds. The smallest absolute Gasteiger partial charge is 0.319 e. The number of rotatable bonds is 6. The number of hydrogen-bond donors (Lipinski definition) is 1. The molecule has 4 heteroatoms. The maximum absolute atomic E-state index is 11.0. The molecule has 0 spiro atoms. The van der Waals surface area contributed by atoms with Gasteiger partial charge in [-0.1, -0.05) is 6.92 Å². The van der Waals surface area contributed by atoms with Gasteiger partial charge in [0.05, 0.1) is 13.2 Å². The lowest BCUT2D eigenvalue weighted by Crippen LogP contribution is -2.23. The molecule has 0 unspecified atom stereocenters. The molecule has 0 radical (unpaired) electrons. The summed E-state index contributed by atoms with van der Waals surface area (Å²) in [7, 11) is 0. The monoisotopic (exact) mass is 227 g/mol. The molecule has 1 heterocycles. The summed E-state index contributed by atoms with van der Waals surface area (Å²) in [5, 5.41) is 3.06. The molecule has 84 valence electrons. The highest BCUT2D eigenvalue weighted by atomic mass is 32.1. The first-order chi connectivity index (χ1) is 7.26. The quantitative estimate of drug-likeness (QED) is 0.755. The van der Waals surface area contributed by atoms with Gasteiger partial charge in [-0.15, -0.1) is 11.3 Å². The van der Waals surface area contributed by atoms with Crippen LogP contribution < -0.4 is 5.32 Å². The lowest BCUT2D eigenvalue weighted by molar-refractivity contribution is -0.142. The molecule has 0 atom stereocenters. The van der Waals surface area contributed by atoms with E-state index in [0.29, 0.717) is 6.61 Å². The van der Waals surface area contributed by atoms with Crippen LogP contribution in [-0.2, 0) is 22.5 Å². The minimum Gasteiger partial charge on any atom is -0.465 e. The minimum atomic E-state index is -0.190. The minimum absolute atomic E-state index is 0.190. The van der Waals surface area contributed by atoms with Gasteiger partial charge in [0.2, 0.25) is 0 Å². The Hall–Kier alpha value is -0.870. The summed E-state index contributed by atoms with van der Waals surface area (Å²) in [5.41, 5.74) is 0. The van der Waals surface area contributed by atoms with Gasteiger partial charge in [0, 0.05) is 16.3 Å². The second-order valence-corrected chi connectivity index (χ2v) is 4.38. The Labute approximate surface area is 94.5 Å². The van der Waals surface area contributed by atoms with Crippen LogP contribution in [-0.4, -0.2) is 19.1 Å². The fraction of sp³-hybridized carbons (Fsp3) is 0.545. The number of carbonyl (C=O) groups excluding carboxylic acids is 1. The van der Waals surface area contributed by atoms with E-state index in [2.05, 4.69) is 24.4 Å². The van der Waals surface area contributed by atoms with Crippen molar-refractivity contribution in [3.05, 3.63) is 21.9 Å². The van der Waals surface area contributed by atoms with Crippen molar-refractivity contribution in [2.75, 3.05) is 13.2 Å². The van der Waals surface area contributed by atoms with Crippen molar-refractivity contribution in [3.63, 3.8) is 0 Å². The van der Waals surface area contributed by atoms with Gasteiger partial charge >= 0.3 is 5.97 Å². The Morgan fingerprint density at radius 1 is 1.40 bits per heavy atom. The molecule has 1 aromatic rings. The van der Waals surface area contributed by atoms with Crippen LogP contribution in [0.3, 0.4) is 0 Å². The molecule has 0 aliphatic heterocycles. The molecule has 0 aromatic carbocycles. The number of hydrogen-bond acceptors (Lipinski definition) is 4. The van der Waals surface area contributed by atoms with E-state index in [1.807, 2.05) is 6.92 Å². The Morgan fingerprint density at radius 3 is 2.73 bits per heavy atom. The van der Waals surface area contributed by atoms with Gasteiger partial charge in [-0.05, 0) is 25.5 Å². The van der Waals surface area contributed by atoms with Crippen molar-refractivity contribution in [1.29, 1.82) is 0 Å². The summed E-state index contributed by atoms with van der Waals surface area (Å²) in [5.74, 6) is -0.190. The Bertz CT molecular complexity index is 309. The predicted molar refractivity (Wildman–Crippen MR) is 62.0 cm³/mol. The van der Waals surface area contributed by atoms with Gasteiger partial charge in [-0.2, -0.15) is 0 Å². The van der Waals surface area contributed by atoms with Crippen molar-refractivity contribution in [1.82, 2.24) is 5.32 Å². The summed E-state index contributed by atoms with van der Waals surface area (Å²) >= 11 is 1.78. The maximum Gasteiger partial charge on any atom is 0.319 e. The van der Waals surface area contributed by atoms with E-state index in [1.54, 1.807) is 11.3 Å². The van der Waals surface area contributed by atoms with Crippen LogP contribution in [0.15, 0.2) is 12.1 Å². The molecule has 1 rings (SSSR count). The van der Waals surface area contributed by atoms with Gasteiger partial charge in [0.1, 0.15) is 0 Å². The summed E-state index contributed by atoms with van der Waals surface area (Å²) in [6, 6.07) is 4.23. The van der Waals surface area contributed by atoms with Gasteiger partial charge < -0.3 is 10.1 Å². The molecule has 3 nitrogen and oxygen atoms in total. The van der Waals surface area contributed by atoms with Crippen LogP contribution in [0, 0.1) is 0 Å². The van der Waals surface area contributed by atoms with E-state index in [4.69, 9.17) is 4.74 Å². The average Bonchev–Trinajstić information content (AvgIpc) is 2.66. The molecular weight excluding hydrogens is 210 g/mol. The lowest BCUT2D eigenvalue weighted by atomic mass is 10.3. The standard InChI is InChI=1S/C11H17NO2S/c1-3-9-5-6-10(15-9)7-12-8-11(13)14-4-2/h5-6,12H,3-4,7-8H2,1-2H3. The second kappa shape index (κ2) is 6.58. The predicted octanol–water partition coefficient (Wildman–Crippen LogP) is 1.96. The third-order valence-electron chi connectivity index (χ3n) is 1.94. The molecule has 0 fully saturated rings. The largest absolute Gasteiger partial charge is 0.465 e. The van der Waals surface area contributed by atoms with Gasteiger partial charge in [-0.3, -0.25) is 4.79 Å². The summed E-state index contributed by atoms with van der Waals surface area (Å²) < 4.78 is 4.81. The molecule has 0 saturated carbocycles. The van der Waals surface area contributed by atoms with Gasteiger partial charge in [0.25, 0.3) is 0 Å². The zero-order valence-electron chi connectivity index (χ0n) is 9.21. The van der Waals surface area contributed by atoms with Crippen molar-refractivity contribution in [2.24, 2.45) is 0 Å². The van der Waals surface area contributed by atoms with Crippen LogP contribution in [0.4, 0.5) is 0 Å².